The maximum absolute atomic E-state index is 11.5. The number of carbonyl (C=O) groups is 1. The molecule has 0 spiro atoms. The largest absolute Gasteiger partial charge is 0.484 e. The summed E-state index contributed by atoms with van der Waals surface area (Å²) < 4.78 is 7.57. The van der Waals surface area contributed by atoms with E-state index >= 15 is 0 Å². The third kappa shape index (κ3) is 8.97. The van der Waals surface area contributed by atoms with E-state index in [1.807, 2.05) is 42.7 Å². The predicted molar refractivity (Wildman–Crippen MR) is 128 cm³/mol. The Labute approximate surface area is 195 Å². The predicted octanol–water partition coefficient (Wildman–Crippen LogP) is 1.73. The standard InChI is InChI=1S/C20H31N7O2.HI/c1-4-18-26-25-15-27(18)11-10-23-20(22-6-3)24-13-16-8-7-9-17(12-16)29-14-19(28)21-5-2;/h7-9,12,15H,4-6,10-11,13-14H2,1-3H3,(H,21,28)(H2,22,23,24);1H. The molecular formula is C20H32IN7O2. The average molecular weight is 529 g/mol. The highest BCUT2D eigenvalue weighted by molar-refractivity contribution is 14.0. The fraction of sp³-hybridized carbons (Fsp3) is 0.500. The minimum absolute atomic E-state index is 0. The zero-order valence-electron chi connectivity index (χ0n) is 17.9. The van der Waals surface area contributed by atoms with Crippen LogP contribution in [0.3, 0.4) is 0 Å². The van der Waals surface area contributed by atoms with Gasteiger partial charge in [0.05, 0.1) is 6.54 Å². The third-order valence-corrected chi connectivity index (χ3v) is 4.06. The highest BCUT2D eigenvalue weighted by Crippen LogP contribution is 2.14. The van der Waals surface area contributed by atoms with Gasteiger partial charge in [0.15, 0.2) is 12.6 Å². The van der Waals surface area contributed by atoms with Crippen LogP contribution in [0.15, 0.2) is 35.6 Å². The van der Waals surface area contributed by atoms with Gasteiger partial charge in [-0.3, -0.25) is 4.79 Å². The van der Waals surface area contributed by atoms with Crippen molar-refractivity contribution < 1.29 is 9.53 Å². The van der Waals surface area contributed by atoms with Crippen molar-refractivity contribution in [3.63, 3.8) is 0 Å². The SMILES string of the molecule is CCNC(=O)COc1cccc(CN=C(NCC)NCCn2cnnc2CC)c1.I. The van der Waals surface area contributed by atoms with Crippen LogP contribution in [0.4, 0.5) is 0 Å². The summed E-state index contributed by atoms with van der Waals surface area (Å²) in [4.78, 5) is 16.2. The molecule has 9 nitrogen and oxygen atoms in total. The molecule has 2 aromatic rings. The van der Waals surface area contributed by atoms with E-state index in [9.17, 15) is 4.79 Å². The number of guanidine groups is 1. The van der Waals surface area contributed by atoms with E-state index in [0.717, 1.165) is 36.9 Å². The minimum atomic E-state index is -0.131. The van der Waals surface area contributed by atoms with Crippen molar-refractivity contribution in [3.8, 4) is 5.75 Å². The maximum atomic E-state index is 11.5. The number of aliphatic imine (C=N–C) groups is 1. The number of aromatic nitrogens is 3. The monoisotopic (exact) mass is 529 g/mol. The van der Waals surface area contributed by atoms with Gasteiger partial charge in [-0.2, -0.15) is 0 Å². The Morgan fingerprint density at radius 2 is 1.97 bits per heavy atom. The first kappa shape index (κ1) is 25.7. The van der Waals surface area contributed by atoms with Gasteiger partial charge in [-0.05, 0) is 31.5 Å². The van der Waals surface area contributed by atoms with Crippen LogP contribution in [0.1, 0.15) is 32.2 Å². The van der Waals surface area contributed by atoms with Crippen molar-refractivity contribution >= 4 is 35.8 Å². The van der Waals surface area contributed by atoms with E-state index in [2.05, 4.69) is 38.1 Å². The van der Waals surface area contributed by atoms with Gasteiger partial charge in [0.2, 0.25) is 0 Å². The van der Waals surface area contributed by atoms with Crippen molar-refractivity contribution in [3.05, 3.63) is 42.0 Å². The number of halogens is 1. The Balaban J connectivity index is 0.00000450. The molecule has 0 bridgehead atoms. The molecule has 166 valence electrons. The quantitative estimate of drug-likeness (QED) is 0.233. The molecule has 0 unspecified atom stereocenters. The van der Waals surface area contributed by atoms with E-state index in [0.29, 0.717) is 25.4 Å². The molecule has 0 aliphatic carbocycles. The fourth-order valence-electron chi connectivity index (χ4n) is 2.68. The lowest BCUT2D eigenvalue weighted by Gasteiger charge is -2.12. The van der Waals surface area contributed by atoms with Crippen molar-refractivity contribution in [1.82, 2.24) is 30.7 Å². The second-order valence-corrected chi connectivity index (χ2v) is 6.31. The van der Waals surface area contributed by atoms with Crippen LogP contribution in [-0.2, 0) is 24.3 Å². The first-order valence-corrected chi connectivity index (χ1v) is 10.0. The summed E-state index contributed by atoms with van der Waals surface area (Å²) in [6.07, 6.45) is 2.60. The van der Waals surface area contributed by atoms with Gasteiger partial charge in [-0.15, -0.1) is 34.2 Å². The van der Waals surface area contributed by atoms with Crippen LogP contribution < -0.4 is 20.7 Å². The number of amides is 1. The lowest BCUT2D eigenvalue weighted by Crippen LogP contribution is -2.38. The highest BCUT2D eigenvalue weighted by Gasteiger charge is 2.04. The van der Waals surface area contributed by atoms with E-state index in [-0.39, 0.29) is 36.5 Å². The van der Waals surface area contributed by atoms with Crippen LogP contribution in [0.2, 0.25) is 0 Å². The first-order valence-electron chi connectivity index (χ1n) is 10.0. The number of carbonyl (C=O) groups excluding carboxylic acids is 1. The molecule has 0 fully saturated rings. The molecule has 1 amide bonds. The zero-order valence-corrected chi connectivity index (χ0v) is 20.2. The van der Waals surface area contributed by atoms with Gasteiger partial charge in [0.1, 0.15) is 17.9 Å². The summed E-state index contributed by atoms with van der Waals surface area (Å²) in [5, 5.41) is 17.3. The number of likely N-dealkylation sites (N-methyl/N-ethyl adjacent to an activating group) is 1. The maximum Gasteiger partial charge on any atom is 0.257 e. The molecule has 1 aromatic heterocycles. The second kappa shape index (κ2) is 14.6. The van der Waals surface area contributed by atoms with Crippen LogP contribution in [-0.4, -0.2) is 52.9 Å². The summed E-state index contributed by atoms with van der Waals surface area (Å²) in [5.41, 5.74) is 1.00. The molecule has 30 heavy (non-hydrogen) atoms. The lowest BCUT2D eigenvalue weighted by atomic mass is 10.2. The first-order chi connectivity index (χ1) is 14.2. The van der Waals surface area contributed by atoms with Gasteiger partial charge >= 0.3 is 0 Å². The number of nitrogens with one attached hydrogen (secondary N) is 3. The topological polar surface area (TPSA) is 105 Å². The van der Waals surface area contributed by atoms with Crippen LogP contribution >= 0.6 is 24.0 Å². The molecule has 2 rings (SSSR count). The summed E-state index contributed by atoms with van der Waals surface area (Å²) in [5.74, 6) is 2.24. The van der Waals surface area contributed by atoms with Crippen molar-refractivity contribution in [2.24, 2.45) is 4.99 Å². The Hall–Kier alpha value is -2.37. The Bertz CT molecular complexity index is 795. The van der Waals surface area contributed by atoms with Crippen molar-refractivity contribution in [1.29, 1.82) is 0 Å². The van der Waals surface area contributed by atoms with Gasteiger partial charge in [0.25, 0.3) is 5.91 Å². The molecular weight excluding hydrogens is 497 g/mol. The van der Waals surface area contributed by atoms with E-state index in [1.165, 1.54) is 0 Å². The van der Waals surface area contributed by atoms with E-state index in [4.69, 9.17) is 4.74 Å². The number of ether oxygens (including phenoxy) is 1. The molecule has 0 saturated heterocycles. The van der Waals surface area contributed by atoms with Crippen LogP contribution in [0.25, 0.3) is 0 Å². The average Bonchev–Trinajstić information content (AvgIpc) is 3.18. The summed E-state index contributed by atoms with van der Waals surface area (Å²) in [7, 11) is 0. The molecule has 1 aromatic carbocycles. The number of hydrogen-bond donors (Lipinski definition) is 3. The van der Waals surface area contributed by atoms with Gasteiger partial charge in [0, 0.05) is 32.6 Å². The molecule has 3 N–H and O–H groups in total. The number of rotatable bonds is 11. The van der Waals surface area contributed by atoms with E-state index < -0.39 is 0 Å². The number of aryl methyl sites for hydroxylation is 1. The summed E-state index contributed by atoms with van der Waals surface area (Å²) in [6.45, 7) is 9.32. The Kier molecular flexibility index (Phi) is 12.5. The van der Waals surface area contributed by atoms with Crippen LogP contribution in [0, 0.1) is 0 Å². The Morgan fingerprint density at radius 1 is 1.17 bits per heavy atom. The molecule has 10 heteroatoms. The Morgan fingerprint density at radius 3 is 2.70 bits per heavy atom. The van der Waals surface area contributed by atoms with Gasteiger partial charge < -0.3 is 25.3 Å². The molecule has 0 atom stereocenters. The number of benzene rings is 1. The third-order valence-electron chi connectivity index (χ3n) is 4.06. The molecule has 0 saturated carbocycles. The van der Waals surface area contributed by atoms with Gasteiger partial charge in [-0.25, -0.2) is 4.99 Å². The fourth-order valence-corrected chi connectivity index (χ4v) is 2.68. The minimum Gasteiger partial charge on any atom is -0.484 e. The summed E-state index contributed by atoms with van der Waals surface area (Å²) >= 11 is 0. The number of nitrogens with zero attached hydrogens (tertiary/aromatic N) is 4. The molecule has 1 heterocycles. The molecule has 0 aliphatic rings. The summed E-state index contributed by atoms with van der Waals surface area (Å²) in [6, 6.07) is 7.62. The van der Waals surface area contributed by atoms with Gasteiger partial charge in [-0.1, -0.05) is 19.1 Å². The van der Waals surface area contributed by atoms with Crippen molar-refractivity contribution in [2.75, 3.05) is 26.2 Å². The van der Waals surface area contributed by atoms with E-state index in [1.54, 1.807) is 6.33 Å². The smallest absolute Gasteiger partial charge is 0.257 e. The van der Waals surface area contributed by atoms with Crippen LogP contribution in [0.5, 0.6) is 5.75 Å². The normalized spacial score (nSPS) is 10.8. The number of hydrogen-bond acceptors (Lipinski definition) is 5. The zero-order chi connectivity index (χ0) is 20.9. The molecule has 0 radical (unpaired) electrons. The van der Waals surface area contributed by atoms with Crippen molar-refractivity contribution in [2.45, 2.75) is 40.3 Å². The molecule has 0 aliphatic heterocycles. The lowest BCUT2D eigenvalue weighted by molar-refractivity contribution is -0.122. The highest BCUT2D eigenvalue weighted by atomic mass is 127. The second-order valence-electron chi connectivity index (χ2n) is 6.31.